The van der Waals surface area contributed by atoms with Crippen LogP contribution in [0.5, 0.6) is 5.75 Å². The van der Waals surface area contributed by atoms with Crippen LogP contribution in [0.15, 0.2) is 47.4 Å². The number of anilines is 1. The van der Waals surface area contributed by atoms with Crippen LogP contribution < -0.4 is 9.64 Å². The van der Waals surface area contributed by atoms with Gasteiger partial charge in [0.25, 0.3) is 0 Å². The summed E-state index contributed by atoms with van der Waals surface area (Å²) in [6, 6.07) is 10.6. The van der Waals surface area contributed by atoms with Crippen molar-refractivity contribution >= 4 is 15.7 Å². The lowest BCUT2D eigenvalue weighted by molar-refractivity contribution is 0.336. The number of hydrogen-bond donors (Lipinski definition) is 0. The highest BCUT2D eigenvalue weighted by atomic mass is 32.2. The largest absolute Gasteiger partial charge is 0.492 e. The van der Waals surface area contributed by atoms with Gasteiger partial charge in [-0.3, -0.25) is 0 Å². The summed E-state index contributed by atoms with van der Waals surface area (Å²) in [6.45, 7) is 3.49. The number of para-hydroxylation sites is 2. The Balaban J connectivity index is 1.79. The van der Waals surface area contributed by atoms with Gasteiger partial charge >= 0.3 is 0 Å². The third-order valence-electron chi connectivity index (χ3n) is 4.26. The lowest BCUT2D eigenvalue weighted by Gasteiger charge is -2.36. The van der Waals surface area contributed by atoms with Crippen LogP contribution in [-0.2, 0) is 10.0 Å². The van der Waals surface area contributed by atoms with Crippen LogP contribution in [-0.4, -0.2) is 45.5 Å². The van der Waals surface area contributed by atoms with Crippen LogP contribution in [0.25, 0.3) is 0 Å². The van der Waals surface area contributed by atoms with E-state index in [2.05, 4.69) is 0 Å². The van der Waals surface area contributed by atoms with E-state index in [-0.39, 0.29) is 13.1 Å². The predicted molar refractivity (Wildman–Crippen MR) is 94.9 cm³/mol. The van der Waals surface area contributed by atoms with E-state index in [0.29, 0.717) is 19.7 Å². The van der Waals surface area contributed by atoms with E-state index in [1.54, 1.807) is 0 Å². The number of hydrogen-bond acceptors (Lipinski definition) is 4. The molecule has 1 aliphatic rings. The van der Waals surface area contributed by atoms with Crippen molar-refractivity contribution < 1.29 is 21.9 Å². The van der Waals surface area contributed by atoms with Gasteiger partial charge in [0.1, 0.15) is 17.4 Å². The number of ether oxygens (including phenoxy) is 1. The summed E-state index contributed by atoms with van der Waals surface area (Å²) >= 11 is 0. The summed E-state index contributed by atoms with van der Waals surface area (Å²) in [5.74, 6) is -1.42. The van der Waals surface area contributed by atoms with Gasteiger partial charge < -0.3 is 9.64 Å². The predicted octanol–water partition coefficient (Wildman–Crippen LogP) is 2.87. The van der Waals surface area contributed by atoms with Crippen molar-refractivity contribution in [1.29, 1.82) is 0 Å². The highest BCUT2D eigenvalue weighted by Crippen LogP contribution is 2.30. The Morgan fingerprint density at radius 1 is 0.962 bits per heavy atom. The maximum Gasteiger partial charge on any atom is 0.249 e. The molecule has 5 nitrogen and oxygen atoms in total. The molecule has 1 saturated heterocycles. The zero-order chi connectivity index (χ0) is 18.7. The molecule has 26 heavy (non-hydrogen) atoms. The molecule has 8 heteroatoms. The molecule has 0 aromatic heterocycles. The number of rotatable bonds is 5. The maximum atomic E-state index is 13.9. The van der Waals surface area contributed by atoms with Gasteiger partial charge in [0, 0.05) is 26.2 Å². The zero-order valence-corrected chi connectivity index (χ0v) is 15.2. The standard InChI is InChI=1S/C18H20F2N2O3S/c1-2-25-17-9-4-3-8-16(17)21-10-12-22(13-11-21)26(23,24)18-14(19)6-5-7-15(18)20/h3-9H,2,10-13H2,1H3. The van der Waals surface area contributed by atoms with Crippen LogP contribution in [0.3, 0.4) is 0 Å². The Morgan fingerprint density at radius 3 is 2.19 bits per heavy atom. The van der Waals surface area contributed by atoms with E-state index in [1.807, 2.05) is 36.1 Å². The Morgan fingerprint density at radius 2 is 1.58 bits per heavy atom. The highest BCUT2D eigenvalue weighted by Gasteiger charge is 2.33. The normalized spacial score (nSPS) is 15.9. The molecule has 0 atom stereocenters. The topological polar surface area (TPSA) is 49.9 Å². The first-order chi connectivity index (χ1) is 12.4. The first kappa shape index (κ1) is 18.6. The third kappa shape index (κ3) is 3.52. The summed E-state index contributed by atoms with van der Waals surface area (Å²) in [5.41, 5.74) is 0.878. The average molecular weight is 382 g/mol. The van der Waals surface area contributed by atoms with Gasteiger partial charge in [0.2, 0.25) is 10.0 Å². The van der Waals surface area contributed by atoms with Gasteiger partial charge in [-0.05, 0) is 31.2 Å². The highest BCUT2D eigenvalue weighted by molar-refractivity contribution is 7.89. The number of piperazine rings is 1. The molecule has 0 N–H and O–H groups in total. The lowest BCUT2D eigenvalue weighted by Crippen LogP contribution is -2.49. The molecule has 2 aromatic rings. The second-order valence-electron chi connectivity index (χ2n) is 5.84. The molecule has 0 radical (unpaired) electrons. The van der Waals surface area contributed by atoms with E-state index in [1.165, 1.54) is 0 Å². The molecule has 0 unspecified atom stereocenters. The Hall–Kier alpha value is -2.19. The molecule has 3 rings (SSSR count). The second-order valence-corrected chi connectivity index (χ2v) is 7.72. The fourth-order valence-electron chi connectivity index (χ4n) is 3.02. The third-order valence-corrected chi connectivity index (χ3v) is 6.21. The van der Waals surface area contributed by atoms with E-state index >= 15 is 0 Å². The fourth-order valence-corrected chi connectivity index (χ4v) is 4.55. The van der Waals surface area contributed by atoms with Gasteiger partial charge in [-0.25, -0.2) is 17.2 Å². The minimum Gasteiger partial charge on any atom is -0.492 e. The van der Waals surface area contributed by atoms with Crippen LogP contribution in [0.2, 0.25) is 0 Å². The number of nitrogens with zero attached hydrogens (tertiary/aromatic N) is 2. The van der Waals surface area contributed by atoms with E-state index in [4.69, 9.17) is 4.74 Å². The number of benzene rings is 2. The quantitative estimate of drug-likeness (QED) is 0.798. The zero-order valence-electron chi connectivity index (χ0n) is 14.4. The molecule has 0 spiro atoms. The van der Waals surface area contributed by atoms with Crippen molar-refractivity contribution in [3.63, 3.8) is 0 Å². The molecule has 1 fully saturated rings. The minimum atomic E-state index is -4.22. The molecule has 1 aliphatic heterocycles. The minimum absolute atomic E-state index is 0.135. The van der Waals surface area contributed by atoms with Crippen molar-refractivity contribution in [3.05, 3.63) is 54.1 Å². The maximum absolute atomic E-state index is 13.9. The van der Waals surface area contributed by atoms with Crippen molar-refractivity contribution in [2.45, 2.75) is 11.8 Å². The van der Waals surface area contributed by atoms with Gasteiger partial charge in [0.15, 0.2) is 4.90 Å². The molecule has 2 aromatic carbocycles. The molecule has 1 heterocycles. The molecule has 0 amide bonds. The molecular weight excluding hydrogens is 362 g/mol. The van der Waals surface area contributed by atoms with Gasteiger partial charge in [-0.15, -0.1) is 0 Å². The average Bonchev–Trinajstić information content (AvgIpc) is 2.62. The first-order valence-electron chi connectivity index (χ1n) is 8.36. The molecule has 0 bridgehead atoms. The van der Waals surface area contributed by atoms with Gasteiger partial charge in [-0.2, -0.15) is 4.31 Å². The van der Waals surface area contributed by atoms with Gasteiger partial charge in [0.05, 0.1) is 12.3 Å². The lowest BCUT2D eigenvalue weighted by atomic mass is 10.2. The Labute approximate surface area is 151 Å². The van der Waals surface area contributed by atoms with E-state index in [9.17, 15) is 17.2 Å². The number of halogens is 2. The molecule has 0 aliphatic carbocycles. The van der Waals surface area contributed by atoms with E-state index < -0.39 is 26.6 Å². The monoisotopic (exact) mass is 382 g/mol. The van der Waals surface area contributed by atoms with Crippen molar-refractivity contribution in [2.24, 2.45) is 0 Å². The van der Waals surface area contributed by atoms with Crippen LogP contribution in [0.1, 0.15) is 6.92 Å². The Kier molecular flexibility index (Phi) is 5.43. The summed E-state index contributed by atoms with van der Waals surface area (Å²) in [6.07, 6.45) is 0. The van der Waals surface area contributed by atoms with Crippen LogP contribution in [0, 0.1) is 11.6 Å². The second kappa shape index (κ2) is 7.59. The van der Waals surface area contributed by atoms with Crippen molar-refractivity contribution in [2.75, 3.05) is 37.7 Å². The fraction of sp³-hybridized carbons (Fsp3) is 0.333. The molecule has 0 saturated carbocycles. The summed E-state index contributed by atoms with van der Waals surface area (Å²) < 4.78 is 59.8. The SMILES string of the molecule is CCOc1ccccc1N1CCN(S(=O)(=O)c2c(F)cccc2F)CC1. The van der Waals surface area contributed by atoms with Crippen molar-refractivity contribution in [3.8, 4) is 5.75 Å². The van der Waals surface area contributed by atoms with Crippen molar-refractivity contribution in [1.82, 2.24) is 4.31 Å². The van der Waals surface area contributed by atoms with E-state index in [0.717, 1.165) is 33.9 Å². The van der Waals surface area contributed by atoms with Crippen LogP contribution in [0.4, 0.5) is 14.5 Å². The summed E-state index contributed by atoms with van der Waals surface area (Å²) in [5, 5.41) is 0. The Bertz CT molecular complexity index is 862. The van der Waals surface area contributed by atoms with Gasteiger partial charge in [-0.1, -0.05) is 18.2 Å². The molecule has 140 valence electrons. The molecular formula is C18H20F2N2O3S. The summed E-state index contributed by atoms with van der Waals surface area (Å²) in [7, 11) is -4.22. The summed E-state index contributed by atoms with van der Waals surface area (Å²) in [4.78, 5) is 1.12. The number of sulfonamides is 1. The first-order valence-corrected chi connectivity index (χ1v) is 9.80. The smallest absolute Gasteiger partial charge is 0.249 e. The van der Waals surface area contributed by atoms with Crippen LogP contribution >= 0.6 is 0 Å².